The summed E-state index contributed by atoms with van der Waals surface area (Å²) in [5.41, 5.74) is 0.774. The molecule has 0 atom stereocenters. The lowest BCUT2D eigenvalue weighted by atomic mass is 10.0. The summed E-state index contributed by atoms with van der Waals surface area (Å²) in [4.78, 5) is 12.3. The number of phenolic OH excluding ortho intramolecular Hbond substituents is 4. The van der Waals surface area contributed by atoms with Crippen LogP contribution in [-0.2, 0) is 0 Å². The van der Waals surface area contributed by atoms with Crippen LogP contribution in [-0.4, -0.2) is 26.2 Å². The molecule has 0 saturated carbocycles. The molecule has 1 heterocycles. The predicted octanol–water partition coefficient (Wildman–Crippen LogP) is 2.43. The van der Waals surface area contributed by atoms with Crippen LogP contribution in [0.4, 0.5) is 0 Å². The van der Waals surface area contributed by atoms with Gasteiger partial charge in [0, 0.05) is 11.6 Å². The van der Waals surface area contributed by atoms with Crippen molar-refractivity contribution in [1.82, 2.24) is 0 Å². The molecule has 0 bridgehead atoms. The molecule has 0 unspecified atom stereocenters. The van der Waals surface area contributed by atoms with Gasteiger partial charge >= 0.3 is 0 Å². The summed E-state index contributed by atoms with van der Waals surface area (Å²) in [5.74, 6) is -1.60. The second-order valence-corrected chi connectivity index (χ2v) is 4.93. The first kappa shape index (κ1) is 13.8. The van der Waals surface area contributed by atoms with E-state index in [4.69, 9.17) is 4.74 Å². The lowest BCUT2D eigenvalue weighted by Crippen LogP contribution is -1.98. The number of hydrogen-bond donors (Lipinski definition) is 4. The van der Waals surface area contributed by atoms with Crippen molar-refractivity contribution in [3.05, 3.63) is 46.7 Å². The van der Waals surface area contributed by atoms with Crippen molar-refractivity contribution in [2.24, 2.45) is 0 Å². The molecule has 1 aliphatic heterocycles. The Bertz CT molecular complexity index is 835. The first-order valence-corrected chi connectivity index (χ1v) is 6.40. The number of carbonyl (C=O) groups is 1. The minimum absolute atomic E-state index is 0.00968. The quantitative estimate of drug-likeness (QED) is 0.476. The highest BCUT2D eigenvalue weighted by Gasteiger charge is 2.33. The van der Waals surface area contributed by atoms with Gasteiger partial charge in [0.1, 0.15) is 22.8 Å². The monoisotopic (exact) mass is 300 g/mol. The van der Waals surface area contributed by atoms with E-state index in [0.29, 0.717) is 11.1 Å². The molecule has 6 heteroatoms. The summed E-state index contributed by atoms with van der Waals surface area (Å²) >= 11 is 0. The fourth-order valence-electron chi connectivity index (χ4n) is 2.23. The Labute approximate surface area is 125 Å². The molecule has 2 aromatic carbocycles. The van der Waals surface area contributed by atoms with Crippen LogP contribution >= 0.6 is 0 Å². The summed E-state index contributed by atoms with van der Waals surface area (Å²) in [6.07, 6.45) is 1.37. The third kappa shape index (κ3) is 2.01. The number of allylic oxidation sites excluding steroid dienone is 1. The molecule has 0 aliphatic carbocycles. The zero-order valence-electron chi connectivity index (χ0n) is 11.5. The molecule has 4 N–H and O–H groups in total. The van der Waals surface area contributed by atoms with Crippen LogP contribution in [0.1, 0.15) is 21.5 Å². The number of ether oxygens (including phenoxy) is 1. The number of aromatic hydroxyl groups is 4. The number of fused-ring (bicyclic) bond motifs is 1. The van der Waals surface area contributed by atoms with Gasteiger partial charge in [0.2, 0.25) is 5.78 Å². The molecule has 6 nitrogen and oxygen atoms in total. The lowest BCUT2D eigenvalue weighted by Gasteiger charge is -2.05. The fraction of sp³-hybridized carbons (Fsp3) is 0.0625. The summed E-state index contributed by atoms with van der Waals surface area (Å²) < 4.78 is 5.43. The number of benzene rings is 2. The second-order valence-electron chi connectivity index (χ2n) is 4.93. The number of ketones is 1. The maximum atomic E-state index is 12.3. The average molecular weight is 300 g/mol. The Kier molecular flexibility index (Phi) is 2.95. The van der Waals surface area contributed by atoms with Crippen LogP contribution in [0.15, 0.2) is 30.0 Å². The SMILES string of the molecule is Cc1c(O)cc(O)c2c1O/C(=C\c1ccc(O)c(O)c1)C2=O. The van der Waals surface area contributed by atoms with Gasteiger partial charge in [-0.1, -0.05) is 6.07 Å². The lowest BCUT2D eigenvalue weighted by molar-refractivity contribution is 0.101. The minimum Gasteiger partial charge on any atom is -0.507 e. The molecule has 22 heavy (non-hydrogen) atoms. The summed E-state index contributed by atoms with van der Waals surface area (Å²) in [6.45, 7) is 1.57. The van der Waals surface area contributed by atoms with Gasteiger partial charge in [-0.25, -0.2) is 0 Å². The highest BCUT2D eigenvalue weighted by molar-refractivity contribution is 6.16. The van der Waals surface area contributed by atoms with Gasteiger partial charge in [-0.15, -0.1) is 0 Å². The van der Waals surface area contributed by atoms with Crippen LogP contribution in [0.2, 0.25) is 0 Å². The molecule has 0 radical (unpaired) electrons. The smallest absolute Gasteiger partial charge is 0.235 e. The van der Waals surface area contributed by atoms with Crippen LogP contribution in [0.3, 0.4) is 0 Å². The topological polar surface area (TPSA) is 107 Å². The van der Waals surface area contributed by atoms with Gasteiger partial charge in [0.15, 0.2) is 17.3 Å². The molecule has 0 saturated heterocycles. The predicted molar refractivity (Wildman–Crippen MR) is 77.2 cm³/mol. The molecule has 1 aliphatic rings. The number of carbonyl (C=O) groups excluding carboxylic acids is 1. The third-order valence-electron chi connectivity index (χ3n) is 3.44. The van der Waals surface area contributed by atoms with E-state index in [0.717, 1.165) is 6.07 Å². The standard InChI is InChI=1S/C16H12O6/c1-7-10(18)6-12(20)14-15(21)13(22-16(7)14)5-8-2-3-9(17)11(19)4-8/h2-6,17-20H,1H3/b13-5-. The van der Waals surface area contributed by atoms with E-state index in [2.05, 4.69) is 0 Å². The van der Waals surface area contributed by atoms with Crippen molar-refractivity contribution < 1.29 is 30.0 Å². The fourth-order valence-corrected chi connectivity index (χ4v) is 2.23. The molecule has 2 aromatic rings. The Balaban J connectivity index is 2.07. The van der Waals surface area contributed by atoms with E-state index >= 15 is 0 Å². The van der Waals surface area contributed by atoms with Crippen molar-refractivity contribution in [3.8, 4) is 28.7 Å². The van der Waals surface area contributed by atoms with Gasteiger partial charge in [-0.05, 0) is 30.7 Å². The van der Waals surface area contributed by atoms with Gasteiger partial charge in [-0.3, -0.25) is 4.79 Å². The first-order chi connectivity index (χ1) is 10.4. The number of Topliss-reactive ketones (excluding diaryl/α,β-unsaturated/α-hetero) is 1. The van der Waals surface area contributed by atoms with Gasteiger partial charge < -0.3 is 25.2 Å². The van der Waals surface area contributed by atoms with Crippen molar-refractivity contribution in [2.75, 3.05) is 0 Å². The minimum atomic E-state index is -0.525. The molecule has 0 aromatic heterocycles. The first-order valence-electron chi connectivity index (χ1n) is 6.40. The Morgan fingerprint density at radius 2 is 1.68 bits per heavy atom. The third-order valence-corrected chi connectivity index (χ3v) is 3.44. The van der Waals surface area contributed by atoms with Gasteiger partial charge in [0.05, 0.1) is 0 Å². The van der Waals surface area contributed by atoms with E-state index in [1.807, 2.05) is 0 Å². The Morgan fingerprint density at radius 3 is 2.36 bits per heavy atom. The van der Waals surface area contributed by atoms with E-state index in [9.17, 15) is 25.2 Å². The second kappa shape index (κ2) is 4.70. The van der Waals surface area contributed by atoms with Crippen LogP contribution in [0.25, 0.3) is 6.08 Å². The van der Waals surface area contributed by atoms with Gasteiger partial charge in [0.25, 0.3) is 0 Å². The molecule has 112 valence electrons. The number of hydrogen-bond acceptors (Lipinski definition) is 6. The Hall–Kier alpha value is -3.15. The molecule has 0 fully saturated rings. The van der Waals surface area contributed by atoms with Crippen molar-refractivity contribution in [2.45, 2.75) is 6.92 Å². The normalized spacial score (nSPS) is 15.0. The van der Waals surface area contributed by atoms with Crippen LogP contribution in [0.5, 0.6) is 28.7 Å². The molecule has 0 amide bonds. The summed E-state index contributed by atoms with van der Waals surface area (Å²) in [6, 6.07) is 5.13. The zero-order chi connectivity index (χ0) is 16.0. The van der Waals surface area contributed by atoms with E-state index < -0.39 is 5.78 Å². The highest BCUT2D eigenvalue weighted by atomic mass is 16.5. The number of rotatable bonds is 1. The van der Waals surface area contributed by atoms with Gasteiger partial charge in [-0.2, -0.15) is 0 Å². The molecular formula is C16H12O6. The Morgan fingerprint density at radius 1 is 0.955 bits per heavy atom. The van der Waals surface area contributed by atoms with Crippen molar-refractivity contribution >= 4 is 11.9 Å². The van der Waals surface area contributed by atoms with E-state index in [1.165, 1.54) is 24.3 Å². The molecule has 0 spiro atoms. The number of phenols is 4. The molecular weight excluding hydrogens is 288 g/mol. The van der Waals surface area contributed by atoms with Crippen LogP contribution < -0.4 is 4.74 Å². The molecule has 3 rings (SSSR count). The van der Waals surface area contributed by atoms with E-state index in [1.54, 1.807) is 6.92 Å². The summed E-state index contributed by atoms with van der Waals surface area (Å²) in [5, 5.41) is 38.2. The van der Waals surface area contributed by atoms with Crippen molar-refractivity contribution in [3.63, 3.8) is 0 Å². The van der Waals surface area contributed by atoms with Crippen LogP contribution in [0, 0.1) is 6.92 Å². The maximum absolute atomic E-state index is 12.3. The maximum Gasteiger partial charge on any atom is 0.235 e. The average Bonchev–Trinajstić information content (AvgIpc) is 2.78. The summed E-state index contributed by atoms with van der Waals surface area (Å²) in [7, 11) is 0. The van der Waals surface area contributed by atoms with Crippen molar-refractivity contribution in [1.29, 1.82) is 0 Å². The largest absolute Gasteiger partial charge is 0.507 e. The van der Waals surface area contributed by atoms with E-state index in [-0.39, 0.29) is 40.1 Å². The highest BCUT2D eigenvalue weighted by Crippen LogP contribution is 2.44. The zero-order valence-corrected chi connectivity index (χ0v) is 11.5.